The number of aromatic nitrogens is 3. The van der Waals surface area contributed by atoms with Crippen LogP contribution in [0.3, 0.4) is 0 Å². The van der Waals surface area contributed by atoms with E-state index in [-0.39, 0.29) is 12.2 Å². The molecule has 1 atom stereocenters. The average molecular weight is 389 g/mol. The molecule has 2 N–H and O–H groups in total. The van der Waals surface area contributed by atoms with Crippen LogP contribution in [-0.4, -0.2) is 50.4 Å². The van der Waals surface area contributed by atoms with Gasteiger partial charge < -0.3 is 19.9 Å². The van der Waals surface area contributed by atoms with Crippen molar-refractivity contribution in [3.63, 3.8) is 0 Å². The molecule has 2 aromatic rings. The molecule has 8 nitrogen and oxygen atoms in total. The van der Waals surface area contributed by atoms with Crippen molar-refractivity contribution in [1.29, 1.82) is 0 Å². The summed E-state index contributed by atoms with van der Waals surface area (Å²) in [6, 6.07) is 3.85. The zero-order valence-corrected chi connectivity index (χ0v) is 16.0. The van der Waals surface area contributed by atoms with Gasteiger partial charge in [-0.1, -0.05) is 13.3 Å². The van der Waals surface area contributed by atoms with E-state index in [1.54, 1.807) is 6.07 Å². The van der Waals surface area contributed by atoms with E-state index >= 15 is 0 Å². The number of halogens is 1. The fourth-order valence-corrected chi connectivity index (χ4v) is 3.24. The second-order valence-corrected chi connectivity index (χ2v) is 7.15. The number of carboxylic acid groups (broad SMARTS) is 1. The van der Waals surface area contributed by atoms with Crippen molar-refractivity contribution < 1.29 is 19.1 Å². The number of hydrogen-bond acceptors (Lipinski definition) is 4. The normalized spacial score (nSPS) is 14.7. The number of fused-ring (bicyclic) bond motifs is 1. The molecule has 1 aliphatic heterocycles. The van der Waals surface area contributed by atoms with Crippen molar-refractivity contribution in [2.24, 2.45) is 5.92 Å². The van der Waals surface area contributed by atoms with Gasteiger partial charge in [0.2, 0.25) is 0 Å². The topological polar surface area (TPSA) is 100 Å². The largest absolute Gasteiger partial charge is 0.481 e. The third kappa shape index (κ3) is 4.29. The van der Waals surface area contributed by atoms with Gasteiger partial charge in [-0.25, -0.2) is 9.18 Å². The summed E-state index contributed by atoms with van der Waals surface area (Å²) in [5.41, 5.74) is 0.683. The molecular formula is C19H24FN5O3. The van der Waals surface area contributed by atoms with Gasteiger partial charge in [0.1, 0.15) is 11.6 Å². The van der Waals surface area contributed by atoms with E-state index in [1.807, 2.05) is 4.57 Å². The lowest BCUT2D eigenvalue weighted by Gasteiger charge is -2.20. The van der Waals surface area contributed by atoms with Gasteiger partial charge in [-0.3, -0.25) is 4.79 Å². The number of carbonyl (C=O) groups is 2. The second kappa shape index (κ2) is 8.37. The number of amides is 2. The molecule has 0 radical (unpaired) electrons. The van der Waals surface area contributed by atoms with Crippen LogP contribution in [0, 0.1) is 11.7 Å². The minimum absolute atomic E-state index is 0.0141. The summed E-state index contributed by atoms with van der Waals surface area (Å²) in [4.78, 5) is 24.5. The van der Waals surface area contributed by atoms with Crippen LogP contribution in [0.25, 0.3) is 11.4 Å². The molecular weight excluding hydrogens is 365 g/mol. The Morgan fingerprint density at radius 1 is 1.32 bits per heavy atom. The number of aryl methyl sites for hydroxylation is 1. The maximum Gasteiger partial charge on any atom is 0.321 e. The van der Waals surface area contributed by atoms with E-state index in [0.29, 0.717) is 11.4 Å². The summed E-state index contributed by atoms with van der Waals surface area (Å²) in [7, 11) is 1.47. The Balaban J connectivity index is 1.80. The van der Waals surface area contributed by atoms with Crippen LogP contribution in [0.2, 0.25) is 0 Å². The summed E-state index contributed by atoms with van der Waals surface area (Å²) in [5, 5.41) is 20.0. The lowest BCUT2D eigenvalue weighted by molar-refractivity contribution is -0.141. The monoisotopic (exact) mass is 389 g/mol. The maximum absolute atomic E-state index is 14.3. The fraction of sp³-hybridized carbons (Fsp3) is 0.474. The first-order valence-electron chi connectivity index (χ1n) is 9.33. The van der Waals surface area contributed by atoms with Crippen molar-refractivity contribution >= 4 is 17.7 Å². The molecule has 0 saturated heterocycles. The number of hydrogen-bond donors (Lipinski definition) is 2. The summed E-state index contributed by atoms with van der Waals surface area (Å²) in [6.45, 7) is 2.33. The standard InChI is InChI=1S/C19H24FN5O3/c1-12(18(26)27)11-24(2)19(28)21-15-10-13(7-8-14(15)20)17-23-22-16-6-4-3-5-9-25(16)17/h7-8,10,12H,3-6,9,11H2,1-2H3,(H,21,28)(H,26,27). The van der Waals surface area contributed by atoms with Crippen molar-refractivity contribution in [2.45, 2.75) is 39.2 Å². The zero-order chi connectivity index (χ0) is 20.3. The molecule has 0 fully saturated rings. The predicted octanol–water partition coefficient (Wildman–Crippen LogP) is 3.00. The lowest BCUT2D eigenvalue weighted by atomic mass is 10.1. The number of aliphatic carboxylic acids is 1. The fourth-order valence-electron chi connectivity index (χ4n) is 3.24. The molecule has 1 aromatic heterocycles. The molecule has 0 aliphatic carbocycles. The molecule has 0 spiro atoms. The van der Waals surface area contributed by atoms with Crippen LogP contribution >= 0.6 is 0 Å². The van der Waals surface area contributed by atoms with Gasteiger partial charge in [-0.2, -0.15) is 0 Å². The molecule has 1 aliphatic rings. The number of nitrogens with zero attached hydrogens (tertiary/aromatic N) is 4. The van der Waals surface area contributed by atoms with E-state index in [1.165, 1.54) is 31.0 Å². The van der Waals surface area contributed by atoms with Crippen molar-refractivity contribution in [1.82, 2.24) is 19.7 Å². The molecule has 150 valence electrons. The summed E-state index contributed by atoms with van der Waals surface area (Å²) in [6.07, 6.45) is 4.11. The highest BCUT2D eigenvalue weighted by molar-refractivity contribution is 5.90. The Bertz CT molecular complexity index is 882. The first-order valence-corrected chi connectivity index (χ1v) is 9.33. The smallest absolute Gasteiger partial charge is 0.321 e. The number of anilines is 1. The predicted molar refractivity (Wildman–Crippen MR) is 101 cm³/mol. The van der Waals surface area contributed by atoms with Crippen LogP contribution in [-0.2, 0) is 17.8 Å². The highest BCUT2D eigenvalue weighted by Crippen LogP contribution is 2.26. The van der Waals surface area contributed by atoms with Crippen LogP contribution in [0.1, 0.15) is 32.0 Å². The molecule has 2 amide bonds. The van der Waals surface area contributed by atoms with Gasteiger partial charge in [0.15, 0.2) is 5.82 Å². The number of benzene rings is 1. The van der Waals surface area contributed by atoms with Crippen LogP contribution in [0.4, 0.5) is 14.9 Å². The quantitative estimate of drug-likeness (QED) is 0.819. The minimum atomic E-state index is -1.000. The van der Waals surface area contributed by atoms with Crippen molar-refractivity contribution in [3.05, 3.63) is 29.8 Å². The van der Waals surface area contributed by atoms with Crippen LogP contribution in [0.5, 0.6) is 0 Å². The summed E-state index contributed by atoms with van der Waals surface area (Å²) < 4.78 is 16.3. The highest BCUT2D eigenvalue weighted by Gasteiger charge is 2.20. The minimum Gasteiger partial charge on any atom is -0.481 e. The molecule has 28 heavy (non-hydrogen) atoms. The maximum atomic E-state index is 14.3. The molecule has 0 saturated carbocycles. The van der Waals surface area contributed by atoms with Gasteiger partial charge in [0.25, 0.3) is 0 Å². The third-order valence-corrected chi connectivity index (χ3v) is 4.89. The third-order valence-electron chi connectivity index (χ3n) is 4.89. The van der Waals surface area contributed by atoms with Crippen LogP contribution < -0.4 is 5.32 Å². The zero-order valence-electron chi connectivity index (χ0n) is 16.0. The molecule has 0 bridgehead atoms. The van der Waals surface area contributed by atoms with Gasteiger partial charge >= 0.3 is 12.0 Å². The number of carboxylic acids is 1. The Kier molecular flexibility index (Phi) is 5.91. The van der Waals surface area contributed by atoms with Gasteiger partial charge in [0.05, 0.1) is 11.6 Å². The van der Waals surface area contributed by atoms with Crippen LogP contribution in [0.15, 0.2) is 18.2 Å². The van der Waals surface area contributed by atoms with E-state index in [9.17, 15) is 14.0 Å². The molecule has 3 rings (SSSR count). The average Bonchev–Trinajstić information content (AvgIpc) is 2.91. The Morgan fingerprint density at radius 3 is 2.86 bits per heavy atom. The van der Waals surface area contributed by atoms with Gasteiger partial charge in [-0.15, -0.1) is 10.2 Å². The number of nitrogens with one attached hydrogen (secondary N) is 1. The van der Waals surface area contributed by atoms with E-state index in [0.717, 1.165) is 38.1 Å². The number of rotatable bonds is 5. The summed E-state index contributed by atoms with van der Waals surface area (Å²) >= 11 is 0. The van der Waals surface area contributed by atoms with E-state index in [4.69, 9.17) is 5.11 Å². The Morgan fingerprint density at radius 2 is 2.11 bits per heavy atom. The van der Waals surface area contributed by atoms with Crippen molar-refractivity contribution in [2.75, 3.05) is 18.9 Å². The summed E-state index contributed by atoms with van der Waals surface area (Å²) in [5.74, 6) is -0.726. The van der Waals surface area contributed by atoms with E-state index in [2.05, 4.69) is 15.5 Å². The Hall–Kier alpha value is -2.97. The Labute approximate surface area is 162 Å². The number of carbonyl (C=O) groups excluding carboxylic acids is 1. The van der Waals surface area contributed by atoms with E-state index < -0.39 is 23.7 Å². The molecule has 2 heterocycles. The SMILES string of the molecule is CC(CN(C)C(=O)Nc1cc(-c2nnc3n2CCCCC3)ccc1F)C(=O)O. The highest BCUT2D eigenvalue weighted by atomic mass is 19.1. The second-order valence-electron chi connectivity index (χ2n) is 7.15. The molecule has 9 heteroatoms. The number of urea groups is 1. The first-order chi connectivity index (χ1) is 13.4. The molecule has 1 unspecified atom stereocenters. The lowest BCUT2D eigenvalue weighted by Crippen LogP contribution is -2.36. The van der Waals surface area contributed by atoms with Gasteiger partial charge in [0, 0.05) is 32.1 Å². The van der Waals surface area contributed by atoms with Crippen molar-refractivity contribution in [3.8, 4) is 11.4 Å². The molecule has 1 aromatic carbocycles. The first kappa shape index (κ1) is 19.8. The van der Waals surface area contributed by atoms with Gasteiger partial charge in [-0.05, 0) is 31.0 Å².